The van der Waals surface area contributed by atoms with Crippen LogP contribution in [0.2, 0.25) is 0 Å². The maximum absolute atomic E-state index is 10.5. The highest BCUT2D eigenvalue weighted by Gasteiger charge is 2.34. The molecule has 1 atom stereocenters. The second-order valence-electron chi connectivity index (χ2n) is 6.89. The molecule has 3 aromatic carbocycles. The van der Waals surface area contributed by atoms with Crippen molar-refractivity contribution in [3.05, 3.63) is 82.9 Å². The number of nitrogens with zero attached hydrogens (tertiary/aromatic N) is 1. The van der Waals surface area contributed by atoms with E-state index in [-0.39, 0.29) is 11.0 Å². The minimum absolute atomic E-state index is 0.0190. The number of para-hydroxylation sites is 1. The third-order valence-electron chi connectivity index (χ3n) is 5.34. The summed E-state index contributed by atoms with van der Waals surface area (Å²) in [6.45, 7) is 4.27. The zero-order valence-electron chi connectivity index (χ0n) is 15.2. The van der Waals surface area contributed by atoms with Crippen LogP contribution in [-0.4, -0.2) is 17.2 Å². The van der Waals surface area contributed by atoms with E-state index in [2.05, 4.69) is 74.3 Å². The summed E-state index contributed by atoms with van der Waals surface area (Å²) in [7, 11) is 2.07. The fourth-order valence-corrected chi connectivity index (χ4v) is 4.43. The Labute approximate surface area is 159 Å². The van der Waals surface area contributed by atoms with Crippen LogP contribution in [0.5, 0.6) is 0 Å². The summed E-state index contributed by atoms with van der Waals surface area (Å²) in [6.07, 6.45) is 0. The first-order valence-electron chi connectivity index (χ1n) is 8.75. The average Bonchev–Trinajstić information content (AvgIpc) is 2.62. The second kappa shape index (κ2) is 6.26. The first-order valence-corrected chi connectivity index (χ1v) is 9.16. The number of anilines is 2. The van der Waals surface area contributed by atoms with Gasteiger partial charge in [-0.25, -0.2) is 0 Å². The molecule has 1 N–H and O–H groups in total. The molecule has 4 rings (SSSR count). The van der Waals surface area contributed by atoms with Gasteiger partial charge in [-0.15, -0.1) is 0 Å². The normalized spacial score (nSPS) is 15.3. The smallest absolute Gasteiger partial charge is 0.168 e. The molecule has 1 heterocycles. The minimum atomic E-state index is -0.303. The number of hydrogen-bond donors (Lipinski definition) is 1. The molecule has 3 aromatic rings. The van der Waals surface area contributed by atoms with Crippen molar-refractivity contribution >= 4 is 28.6 Å². The van der Waals surface area contributed by atoms with Gasteiger partial charge in [0.1, 0.15) is 0 Å². The van der Waals surface area contributed by atoms with Gasteiger partial charge in [-0.3, -0.25) is 0 Å². The van der Waals surface area contributed by atoms with Crippen LogP contribution < -0.4 is 4.90 Å². The van der Waals surface area contributed by atoms with Crippen molar-refractivity contribution in [3.8, 4) is 11.1 Å². The highest BCUT2D eigenvalue weighted by molar-refractivity contribution is 7.80. The molecule has 26 heavy (non-hydrogen) atoms. The van der Waals surface area contributed by atoms with E-state index in [0.717, 1.165) is 28.1 Å². The van der Waals surface area contributed by atoms with Crippen LogP contribution in [0, 0.1) is 13.8 Å². The lowest BCUT2D eigenvalue weighted by atomic mass is 9.80. The summed E-state index contributed by atoms with van der Waals surface area (Å²) in [5.41, 5.74) is 9.11. The van der Waals surface area contributed by atoms with Crippen molar-refractivity contribution in [1.29, 1.82) is 0 Å². The topological polar surface area (TPSA) is 23.5 Å². The van der Waals surface area contributed by atoms with Gasteiger partial charge in [0, 0.05) is 18.4 Å². The molecule has 0 saturated heterocycles. The van der Waals surface area contributed by atoms with Gasteiger partial charge < -0.3 is 10.0 Å². The lowest BCUT2D eigenvalue weighted by molar-refractivity contribution is 0.544. The van der Waals surface area contributed by atoms with E-state index in [1.54, 1.807) is 0 Å². The number of aliphatic hydroxyl groups is 1. The van der Waals surface area contributed by atoms with Gasteiger partial charge in [-0.05, 0) is 71.6 Å². The molecule has 0 spiro atoms. The lowest BCUT2D eigenvalue weighted by Gasteiger charge is -2.36. The number of thiocarbonyl (C=S) groups is 1. The molecule has 0 bridgehead atoms. The zero-order valence-corrected chi connectivity index (χ0v) is 16.0. The summed E-state index contributed by atoms with van der Waals surface area (Å²) < 4.78 is 0. The molecule has 0 aromatic heterocycles. The summed E-state index contributed by atoms with van der Waals surface area (Å²) in [4.78, 5) is 2.19. The molecular formula is C23H21NOS. The number of fused-ring (bicyclic) bond motifs is 2. The van der Waals surface area contributed by atoms with Crippen molar-refractivity contribution in [2.75, 3.05) is 11.9 Å². The Bertz CT molecular complexity index is 1000. The molecule has 3 heteroatoms. The molecule has 0 aliphatic carbocycles. The van der Waals surface area contributed by atoms with E-state index in [1.165, 1.54) is 16.7 Å². The summed E-state index contributed by atoms with van der Waals surface area (Å²) in [5.74, 6) is -0.303. The number of rotatable bonds is 2. The molecule has 0 amide bonds. The SMILES string of the molecule is Cc1cccc(C)c1-c1cccc2c1C(C(O)=S)c1ccccc1N2C. The van der Waals surface area contributed by atoms with Gasteiger partial charge in [-0.2, -0.15) is 0 Å². The van der Waals surface area contributed by atoms with Crippen LogP contribution >= 0.6 is 12.2 Å². The quantitative estimate of drug-likeness (QED) is 0.562. The molecule has 2 nitrogen and oxygen atoms in total. The molecule has 1 aliphatic heterocycles. The lowest BCUT2D eigenvalue weighted by Crippen LogP contribution is -2.26. The van der Waals surface area contributed by atoms with Crippen molar-refractivity contribution in [2.24, 2.45) is 0 Å². The summed E-state index contributed by atoms with van der Waals surface area (Å²) in [5, 5.41) is 10.5. The van der Waals surface area contributed by atoms with E-state index in [9.17, 15) is 5.11 Å². The van der Waals surface area contributed by atoms with Crippen LogP contribution in [0.1, 0.15) is 28.2 Å². The van der Waals surface area contributed by atoms with Gasteiger partial charge >= 0.3 is 0 Å². The predicted molar refractivity (Wildman–Crippen MR) is 113 cm³/mol. The molecule has 0 saturated carbocycles. The van der Waals surface area contributed by atoms with Crippen molar-refractivity contribution < 1.29 is 5.11 Å². The number of aryl methyl sites for hydroxylation is 2. The number of benzene rings is 3. The molecule has 1 unspecified atom stereocenters. The molecule has 1 aliphatic rings. The molecular weight excluding hydrogens is 338 g/mol. The van der Waals surface area contributed by atoms with E-state index in [4.69, 9.17) is 12.2 Å². The largest absolute Gasteiger partial charge is 0.501 e. The van der Waals surface area contributed by atoms with E-state index in [0.29, 0.717) is 0 Å². The van der Waals surface area contributed by atoms with Crippen LogP contribution in [0.25, 0.3) is 11.1 Å². The maximum atomic E-state index is 10.5. The molecule has 130 valence electrons. The van der Waals surface area contributed by atoms with E-state index >= 15 is 0 Å². The highest BCUT2D eigenvalue weighted by Crippen LogP contribution is 2.49. The summed E-state index contributed by atoms with van der Waals surface area (Å²) >= 11 is 5.32. The third kappa shape index (κ3) is 2.43. The van der Waals surface area contributed by atoms with Crippen LogP contribution in [0.3, 0.4) is 0 Å². The zero-order chi connectivity index (χ0) is 18.4. The van der Waals surface area contributed by atoms with Gasteiger partial charge in [0.05, 0.1) is 5.92 Å². The number of aliphatic hydroxyl groups excluding tert-OH is 1. The standard InChI is InChI=1S/C23H21NOS/c1-14-8-6-9-15(2)20(14)17-11-7-13-19-21(17)22(23(25)26)16-10-4-5-12-18(16)24(19)3/h4-13,22H,1-3H3,(H,25,26). The average molecular weight is 359 g/mol. The van der Waals surface area contributed by atoms with Gasteiger partial charge in [0.25, 0.3) is 0 Å². The Morgan fingerprint density at radius 1 is 0.885 bits per heavy atom. The Morgan fingerprint density at radius 3 is 2.19 bits per heavy atom. The Balaban J connectivity index is 2.08. The van der Waals surface area contributed by atoms with E-state index < -0.39 is 0 Å². The number of hydrogen-bond acceptors (Lipinski definition) is 2. The first kappa shape index (κ1) is 16.8. The Hall–Kier alpha value is -2.65. The fraction of sp³-hybridized carbons (Fsp3) is 0.174. The van der Waals surface area contributed by atoms with Gasteiger partial charge in [0.15, 0.2) is 5.05 Å². The van der Waals surface area contributed by atoms with Gasteiger partial charge in [-0.1, -0.05) is 48.5 Å². The highest BCUT2D eigenvalue weighted by atomic mass is 32.1. The van der Waals surface area contributed by atoms with Crippen LogP contribution in [0.4, 0.5) is 11.4 Å². The minimum Gasteiger partial charge on any atom is -0.501 e. The van der Waals surface area contributed by atoms with Gasteiger partial charge in [0.2, 0.25) is 0 Å². The van der Waals surface area contributed by atoms with Crippen molar-refractivity contribution in [3.63, 3.8) is 0 Å². The summed E-state index contributed by atoms with van der Waals surface area (Å²) in [6, 6.07) is 20.8. The van der Waals surface area contributed by atoms with Crippen LogP contribution in [-0.2, 0) is 0 Å². The molecule has 0 fully saturated rings. The fourth-order valence-electron chi connectivity index (χ4n) is 4.19. The first-order chi connectivity index (χ1) is 12.5. The van der Waals surface area contributed by atoms with Crippen molar-refractivity contribution in [2.45, 2.75) is 19.8 Å². The molecule has 0 radical (unpaired) electrons. The Kier molecular flexibility index (Phi) is 4.04. The van der Waals surface area contributed by atoms with Crippen LogP contribution in [0.15, 0.2) is 60.7 Å². The van der Waals surface area contributed by atoms with Crippen molar-refractivity contribution in [1.82, 2.24) is 0 Å². The van der Waals surface area contributed by atoms with E-state index in [1.807, 2.05) is 12.1 Å². The third-order valence-corrected chi connectivity index (χ3v) is 5.58. The second-order valence-corrected chi connectivity index (χ2v) is 7.31. The monoisotopic (exact) mass is 359 g/mol. The predicted octanol–water partition coefficient (Wildman–Crippen LogP) is 6.07. The maximum Gasteiger partial charge on any atom is 0.168 e. The Morgan fingerprint density at radius 2 is 1.50 bits per heavy atom.